The van der Waals surface area contributed by atoms with Crippen LogP contribution in [0.5, 0.6) is 0 Å². The second-order valence-corrected chi connectivity index (χ2v) is 2.84. The molecule has 1 rings (SSSR count). The fourth-order valence-electron chi connectivity index (χ4n) is 1.56. The van der Waals surface area contributed by atoms with Gasteiger partial charge in [0.25, 0.3) is 0 Å². The molecule has 0 unspecified atom stereocenters. The summed E-state index contributed by atoms with van der Waals surface area (Å²) in [5, 5.41) is 0. The molecule has 0 N–H and O–H groups in total. The van der Waals surface area contributed by atoms with Gasteiger partial charge >= 0.3 is 0 Å². The molecule has 0 amide bonds. The van der Waals surface area contributed by atoms with Crippen molar-refractivity contribution in [2.24, 2.45) is 0 Å². The van der Waals surface area contributed by atoms with Crippen LogP contribution in [0.25, 0.3) is 0 Å². The standard InChI is InChI=1S/C8H16O/c1-3-8(4-2)6-5-7-9-8/h3-7H2,1-2H3. The third-order valence-corrected chi connectivity index (χ3v) is 2.47. The third-order valence-electron chi connectivity index (χ3n) is 2.47. The lowest BCUT2D eigenvalue weighted by Gasteiger charge is -2.24. The van der Waals surface area contributed by atoms with Crippen LogP contribution < -0.4 is 0 Å². The van der Waals surface area contributed by atoms with E-state index >= 15 is 0 Å². The van der Waals surface area contributed by atoms with Gasteiger partial charge in [-0.3, -0.25) is 0 Å². The number of ether oxygens (including phenoxy) is 1. The Balaban J connectivity index is 2.45. The van der Waals surface area contributed by atoms with Crippen molar-refractivity contribution in [2.75, 3.05) is 6.61 Å². The van der Waals surface area contributed by atoms with Gasteiger partial charge < -0.3 is 4.74 Å². The minimum atomic E-state index is 0.278. The fourth-order valence-corrected chi connectivity index (χ4v) is 1.56. The van der Waals surface area contributed by atoms with E-state index in [4.69, 9.17) is 4.74 Å². The first-order valence-corrected chi connectivity index (χ1v) is 3.97. The largest absolute Gasteiger partial charge is 0.375 e. The lowest BCUT2D eigenvalue weighted by molar-refractivity contribution is -0.00190. The summed E-state index contributed by atoms with van der Waals surface area (Å²) in [6, 6.07) is 0. The van der Waals surface area contributed by atoms with E-state index in [1.54, 1.807) is 0 Å². The first-order chi connectivity index (χ1) is 4.33. The van der Waals surface area contributed by atoms with Crippen LogP contribution >= 0.6 is 0 Å². The van der Waals surface area contributed by atoms with Crippen LogP contribution in [0.15, 0.2) is 0 Å². The van der Waals surface area contributed by atoms with Crippen LogP contribution in [-0.4, -0.2) is 12.2 Å². The second-order valence-electron chi connectivity index (χ2n) is 2.84. The maximum Gasteiger partial charge on any atom is 0.0678 e. The molecular weight excluding hydrogens is 112 g/mol. The first kappa shape index (κ1) is 7.07. The summed E-state index contributed by atoms with van der Waals surface area (Å²) in [7, 11) is 0. The first-order valence-electron chi connectivity index (χ1n) is 3.97. The summed E-state index contributed by atoms with van der Waals surface area (Å²) in [4.78, 5) is 0. The maximum atomic E-state index is 5.64. The summed E-state index contributed by atoms with van der Waals surface area (Å²) in [6.45, 7) is 5.42. The van der Waals surface area contributed by atoms with Gasteiger partial charge in [0.1, 0.15) is 0 Å². The van der Waals surface area contributed by atoms with E-state index in [0.29, 0.717) is 0 Å². The maximum absolute atomic E-state index is 5.64. The second kappa shape index (κ2) is 2.70. The number of rotatable bonds is 2. The zero-order valence-electron chi connectivity index (χ0n) is 6.44. The summed E-state index contributed by atoms with van der Waals surface area (Å²) in [6.07, 6.45) is 4.91. The van der Waals surface area contributed by atoms with Gasteiger partial charge in [0, 0.05) is 6.61 Å². The Morgan fingerprint density at radius 2 is 2.00 bits per heavy atom. The SMILES string of the molecule is CCC1(CC)CCCO1. The van der Waals surface area contributed by atoms with Gasteiger partial charge in [0.05, 0.1) is 5.60 Å². The van der Waals surface area contributed by atoms with Crippen molar-refractivity contribution in [2.45, 2.75) is 45.1 Å². The van der Waals surface area contributed by atoms with Crippen molar-refractivity contribution in [3.05, 3.63) is 0 Å². The van der Waals surface area contributed by atoms with Crippen molar-refractivity contribution in [3.8, 4) is 0 Å². The molecule has 0 bridgehead atoms. The van der Waals surface area contributed by atoms with Crippen molar-refractivity contribution in [3.63, 3.8) is 0 Å². The molecule has 0 aromatic carbocycles. The molecule has 1 aliphatic heterocycles. The van der Waals surface area contributed by atoms with Crippen molar-refractivity contribution < 1.29 is 4.74 Å². The van der Waals surface area contributed by atoms with Crippen LogP contribution in [0.2, 0.25) is 0 Å². The molecule has 1 fully saturated rings. The lowest BCUT2D eigenvalue weighted by Crippen LogP contribution is -2.24. The normalized spacial score (nSPS) is 24.7. The van der Waals surface area contributed by atoms with Crippen molar-refractivity contribution >= 4 is 0 Å². The fraction of sp³-hybridized carbons (Fsp3) is 1.00. The topological polar surface area (TPSA) is 9.23 Å². The lowest BCUT2D eigenvalue weighted by atomic mass is 9.94. The molecule has 9 heavy (non-hydrogen) atoms. The molecule has 1 nitrogen and oxygen atoms in total. The monoisotopic (exact) mass is 128 g/mol. The number of hydrogen-bond donors (Lipinski definition) is 0. The van der Waals surface area contributed by atoms with Crippen LogP contribution in [-0.2, 0) is 4.74 Å². The molecule has 1 heterocycles. The molecule has 54 valence electrons. The van der Waals surface area contributed by atoms with Crippen molar-refractivity contribution in [1.29, 1.82) is 0 Å². The van der Waals surface area contributed by atoms with Crippen LogP contribution in [0, 0.1) is 0 Å². The predicted octanol–water partition coefficient (Wildman–Crippen LogP) is 2.36. The molecule has 0 aliphatic carbocycles. The highest BCUT2D eigenvalue weighted by molar-refractivity contribution is 4.81. The average Bonchev–Trinajstić information content (AvgIpc) is 2.36. The summed E-state index contributed by atoms with van der Waals surface area (Å²) in [5.74, 6) is 0. The molecular formula is C8H16O. The summed E-state index contributed by atoms with van der Waals surface area (Å²) >= 11 is 0. The van der Waals surface area contributed by atoms with E-state index in [1.807, 2.05) is 0 Å². The quantitative estimate of drug-likeness (QED) is 0.554. The molecule has 0 atom stereocenters. The van der Waals surface area contributed by atoms with Crippen LogP contribution in [0.1, 0.15) is 39.5 Å². The van der Waals surface area contributed by atoms with Crippen LogP contribution in [0.3, 0.4) is 0 Å². The van der Waals surface area contributed by atoms with Crippen molar-refractivity contribution in [1.82, 2.24) is 0 Å². The third kappa shape index (κ3) is 1.26. The Kier molecular flexibility index (Phi) is 2.12. The Labute approximate surface area is 57.4 Å². The van der Waals surface area contributed by atoms with Gasteiger partial charge in [-0.05, 0) is 25.7 Å². The molecule has 1 aliphatic rings. The zero-order valence-corrected chi connectivity index (χ0v) is 6.44. The van der Waals surface area contributed by atoms with E-state index in [1.165, 1.54) is 25.7 Å². The van der Waals surface area contributed by atoms with Gasteiger partial charge in [-0.1, -0.05) is 13.8 Å². The summed E-state index contributed by atoms with van der Waals surface area (Å²) in [5.41, 5.74) is 0.278. The minimum absolute atomic E-state index is 0.278. The van der Waals surface area contributed by atoms with E-state index in [-0.39, 0.29) is 5.60 Å². The zero-order chi connectivity index (χ0) is 6.74. The van der Waals surface area contributed by atoms with Gasteiger partial charge in [0.2, 0.25) is 0 Å². The molecule has 1 heteroatoms. The minimum Gasteiger partial charge on any atom is -0.375 e. The van der Waals surface area contributed by atoms with E-state index in [2.05, 4.69) is 13.8 Å². The molecule has 0 spiro atoms. The highest BCUT2D eigenvalue weighted by Crippen LogP contribution is 2.31. The van der Waals surface area contributed by atoms with Gasteiger partial charge in [-0.2, -0.15) is 0 Å². The Morgan fingerprint density at radius 1 is 1.33 bits per heavy atom. The van der Waals surface area contributed by atoms with E-state index in [9.17, 15) is 0 Å². The van der Waals surface area contributed by atoms with Gasteiger partial charge in [-0.25, -0.2) is 0 Å². The number of hydrogen-bond acceptors (Lipinski definition) is 1. The van der Waals surface area contributed by atoms with Crippen LogP contribution in [0.4, 0.5) is 0 Å². The van der Waals surface area contributed by atoms with E-state index in [0.717, 1.165) is 6.61 Å². The van der Waals surface area contributed by atoms with Gasteiger partial charge in [-0.15, -0.1) is 0 Å². The Bertz CT molecular complexity index is 76.6. The molecule has 1 saturated heterocycles. The molecule has 0 aromatic rings. The molecule has 0 saturated carbocycles. The highest BCUT2D eigenvalue weighted by Gasteiger charge is 2.30. The Morgan fingerprint density at radius 3 is 2.22 bits per heavy atom. The van der Waals surface area contributed by atoms with Gasteiger partial charge in [0.15, 0.2) is 0 Å². The highest BCUT2D eigenvalue weighted by atomic mass is 16.5. The summed E-state index contributed by atoms with van der Waals surface area (Å²) < 4.78 is 5.64. The smallest absolute Gasteiger partial charge is 0.0678 e. The predicted molar refractivity (Wildman–Crippen MR) is 38.5 cm³/mol. The Hall–Kier alpha value is -0.0400. The molecule has 0 aromatic heterocycles. The molecule has 0 radical (unpaired) electrons. The average molecular weight is 128 g/mol. The van der Waals surface area contributed by atoms with E-state index < -0.39 is 0 Å².